The summed E-state index contributed by atoms with van der Waals surface area (Å²) < 4.78 is 10.7. The van der Waals surface area contributed by atoms with Crippen LogP contribution >= 0.6 is 0 Å². The summed E-state index contributed by atoms with van der Waals surface area (Å²) in [5.74, 6) is 0. The van der Waals surface area contributed by atoms with E-state index < -0.39 is 11.2 Å². The minimum atomic E-state index is -0.670. The Morgan fingerprint density at radius 3 is 2.31 bits per heavy atom. The molecule has 0 aliphatic heterocycles. The van der Waals surface area contributed by atoms with Crippen LogP contribution in [0, 0.1) is 10.1 Å². The van der Waals surface area contributed by atoms with Crippen LogP contribution in [0.4, 0.5) is 5.69 Å². The second-order valence-electron chi connectivity index (χ2n) is 3.06. The van der Waals surface area contributed by atoms with Gasteiger partial charge in [-0.3, -0.25) is 10.1 Å². The van der Waals surface area contributed by atoms with E-state index in [0.29, 0.717) is 18.8 Å². The van der Waals surface area contributed by atoms with Crippen molar-refractivity contribution in [1.82, 2.24) is 0 Å². The van der Waals surface area contributed by atoms with Crippen LogP contribution in [0.15, 0.2) is 24.3 Å². The van der Waals surface area contributed by atoms with E-state index in [9.17, 15) is 10.1 Å². The molecule has 0 aliphatic carbocycles. The van der Waals surface area contributed by atoms with E-state index in [-0.39, 0.29) is 5.69 Å². The van der Waals surface area contributed by atoms with E-state index in [1.54, 1.807) is 18.2 Å². The van der Waals surface area contributed by atoms with Gasteiger partial charge in [0, 0.05) is 19.3 Å². The molecule has 0 amide bonds. The van der Waals surface area contributed by atoms with Crippen LogP contribution in [-0.2, 0) is 9.47 Å². The number of nitrogens with zero attached hydrogens (tertiary/aromatic N) is 1. The lowest BCUT2D eigenvalue weighted by atomic mass is 10.1. The third-order valence-electron chi connectivity index (χ3n) is 2.02. The number of nitro groups is 1. The quantitative estimate of drug-likeness (QED) is 0.424. The van der Waals surface area contributed by atoms with Crippen molar-refractivity contribution in [2.24, 2.45) is 0 Å². The zero-order chi connectivity index (χ0) is 12.0. The molecule has 0 radical (unpaired) electrons. The Morgan fingerprint density at radius 2 is 1.81 bits per heavy atom. The van der Waals surface area contributed by atoms with Gasteiger partial charge >= 0.3 is 0 Å². The van der Waals surface area contributed by atoms with Crippen molar-refractivity contribution < 1.29 is 14.4 Å². The third-order valence-corrected chi connectivity index (χ3v) is 2.02. The highest BCUT2D eigenvalue weighted by Gasteiger charge is 2.21. The molecule has 0 unspecified atom stereocenters. The Morgan fingerprint density at radius 1 is 1.25 bits per heavy atom. The molecule has 0 saturated heterocycles. The average molecular weight is 225 g/mol. The molecule has 5 nitrogen and oxygen atoms in total. The number of hydrogen-bond acceptors (Lipinski definition) is 4. The summed E-state index contributed by atoms with van der Waals surface area (Å²) in [5.41, 5.74) is 0.477. The highest BCUT2D eigenvalue weighted by Crippen LogP contribution is 2.27. The minimum absolute atomic E-state index is 0.0226. The Bertz CT molecular complexity index is 348. The second kappa shape index (κ2) is 6.19. The fourth-order valence-electron chi connectivity index (χ4n) is 1.38. The Hall–Kier alpha value is -1.46. The summed E-state index contributed by atoms with van der Waals surface area (Å²) >= 11 is 0. The molecule has 0 aromatic heterocycles. The van der Waals surface area contributed by atoms with Crippen molar-refractivity contribution in [3.63, 3.8) is 0 Å². The molecule has 0 aliphatic rings. The Balaban J connectivity index is 3.02. The summed E-state index contributed by atoms with van der Waals surface area (Å²) in [6, 6.07) is 6.44. The summed E-state index contributed by atoms with van der Waals surface area (Å²) in [7, 11) is 0. The first-order valence-corrected chi connectivity index (χ1v) is 5.17. The van der Waals surface area contributed by atoms with Gasteiger partial charge in [-0.25, -0.2) is 0 Å². The van der Waals surface area contributed by atoms with E-state index in [1.807, 2.05) is 13.8 Å². The Labute approximate surface area is 94.1 Å². The largest absolute Gasteiger partial charge is 0.348 e. The molecule has 1 aromatic rings. The van der Waals surface area contributed by atoms with Gasteiger partial charge in [0.2, 0.25) is 0 Å². The third kappa shape index (κ3) is 3.01. The van der Waals surface area contributed by atoms with Crippen molar-refractivity contribution in [3.8, 4) is 0 Å². The predicted octanol–water partition coefficient (Wildman–Crippen LogP) is 2.67. The van der Waals surface area contributed by atoms with Crippen LogP contribution < -0.4 is 0 Å². The standard InChI is InChI=1S/C11H15NO4/c1-3-15-11(16-4-2)9-7-5-6-8-10(9)12(13)14/h5-8,11H,3-4H2,1-2H3. The van der Waals surface area contributed by atoms with Gasteiger partial charge in [-0.15, -0.1) is 0 Å². The summed E-state index contributed by atoms with van der Waals surface area (Å²) in [6.07, 6.45) is -0.670. The molecular formula is C11H15NO4. The molecule has 0 heterocycles. The fourth-order valence-corrected chi connectivity index (χ4v) is 1.38. The summed E-state index contributed by atoms with van der Waals surface area (Å²) in [6.45, 7) is 4.52. The van der Waals surface area contributed by atoms with Crippen molar-refractivity contribution in [1.29, 1.82) is 0 Å². The van der Waals surface area contributed by atoms with E-state index in [0.717, 1.165) is 0 Å². The zero-order valence-corrected chi connectivity index (χ0v) is 9.38. The topological polar surface area (TPSA) is 61.6 Å². The van der Waals surface area contributed by atoms with Gasteiger partial charge in [0.25, 0.3) is 5.69 Å². The normalized spacial score (nSPS) is 10.7. The number of nitro benzene ring substituents is 1. The molecule has 5 heteroatoms. The van der Waals surface area contributed by atoms with Crippen LogP contribution in [-0.4, -0.2) is 18.1 Å². The van der Waals surface area contributed by atoms with Crippen molar-refractivity contribution in [2.45, 2.75) is 20.1 Å². The minimum Gasteiger partial charge on any atom is -0.348 e. The number of benzene rings is 1. The lowest BCUT2D eigenvalue weighted by molar-refractivity contribution is -0.387. The maximum atomic E-state index is 10.8. The number of ether oxygens (including phenoxy) is 2. The molecule has 0 fully saturated rings. The van der Waals surface area contributed by atoms with Gasteiger partial charge < -0.3 is 9.47 Å². The molecule has 88 valence electrons. The predicted molar refractivity (Wildman–Crippen MR) is 59.1 cm³/mol. The summed E-state index contributed by atoms with van der Waals surface area (Å²) in [5, 5.41) is 10.8. The van der Waals surface area contributed by atoms with Gasteiger partial charge in [-0.1, -0.05) is 12.1 Å². The Kier molecular flexibility index (Phi) is 4.88. The van der Waals surface area contributed by atoms with Crippen LogP contribution in [0.5, 0.6) is 0 Å². The lowest BCUT2D eigenvalue weighted by Gasteiger charge is -2.16. The van der Waals surface area contributed by atoms with Gasteiger partial charge in [0.05, 0.1) is 10.5 Å². The van der Waals surface area contributed by atoms with Crippen LogP contribution in [0.3, 0.4) is 0 Å². The lowest BCUT2D eigenvalue weighted by Crippen LogP contribution is -2.10. The second-order valence-corrected chi connectivity index (χ2v) is 3.06. The maximum Gasteiger partial charge on any atom is 0.277 e. The van der Waals surface area contributed by atoms with Crippen LogP contribution in [0.1, 0.15) is 25.7 Å². The smallest absolute Gasteiger partial charge is 0.277 e. The maximum absolute atomic E-state index is 10.8. The molecule has 0 N–H and O–H groups in total. The first kappa shape index (κ1) is 12.6. The molecule has 0 bridgehead atoms. The summed E-state index contributed by atoms with van der Waals surface area (Å²) in [4.78, 5) is 10.4. The first-order chi connectivity index (χ1) is 7.70. The zero-order valence-electron chi connectivity index (χ0n) is 9.38. The van der Waals surface area contributed by atoms with E-state index >= 15 is 0 Å². The first-order valence-electron chi connectivity index (χ1n) is 5.17. The van der Waals surface area contributed by atoms with Crippen molar-refractivity contribution >= 4 is 5.69 Å². The van der Waals surface area contributed by atoms with Crippen LogP contribution in [0.2, 0.25) is 0 Å². The van der Waals surface area contributed by atoms with Gasteiger partial charge in [-0.05, 0) is 19.9 Å². The van der Waals surface area contributed by atoms with E-state index in [1.165, 1.54) is 6.07 Å². The van der Waals surface area contributed by atoms with Crippen LogP contribution in [0.25, 0.3) is 0 Å². The highest BCUT2D eigenvalue weighted by atomic mass is 16.7. The van der Waals surface area contributed by atoms with Gasteiger partial charge in [0.1, 0.15) is 0 Å². The highest BCUT2D eigenvalue weighted by molar-refractivity contribution is 5.40. The van der Waals surface area contributed by atoms with Gasteiger partial charge in [0.15, 0.2) is 6.29 Å². The number of para-hydroxylation sites is 1. The number of hydrogen-bond donors (Lipinski definition) is 0. The van der Waals surface area contributed by atoms with Crippen molar-refractivity contribution in [3.05, 3.63) is 39.9 Å². The monoisotopic (exact) mass is 225 g/mol. The van der Waals surface area contributed by atoms with Gasteiger partial charge in [-0.2, -0.15) is 0 Å². The van der Waals surface area contributed by atoms with E-state index in [2.05, 4.69) is 0 Å². The molecule has 1 rings (SSSR count). The molecule has 0 spiro atoms. The molecule has 0 atom stereocenters. The van der Waals surface area contributed by atoms with Crippen molar-refractivity contribution in [2.75, 3.05) is 13.2 Å². The average Bonchev–Trinajstić information content (AvgIpc) is 2.29. The SMILES string of the molecule is CCOC(OCC)c1ccccc1[N+](=O)[O-]. The molecule has 1 aromatic carbocycles. The fraction of sp³-hybridized carbons (Fsp3) is 0.455. The van der Waals surface area contributed by atoms with E-state index in [4.69, 9.17) is 9.47 Å². The molecular weight excluding hydrogens is 210 g/mol. The number of rotatable bonds is 6. The molecule has 16 heavy (non-hydrogen) atoms. The molecule has 0 saturated carbocycles.